The molecule has 2 aromatic rings. The Balaban J connectivity index is 2.17. The van der Waals surface area contributed by atoms with Crippen molar-refractivity contribution in [2.24, 2.45) is 0 Å². The first-order chi connectivity index (χ1) is 8.29. The maximum absolute atomic E-state index is 5.17. The van der Waals surface area contributed by atoms with Crippen LogP contribution in [-0.2, 0) is 0 Å². The number of rotatable bonds is 2. The monoisotopic (exact) mass is 232 g/mol. The van der Waals surface area contributed by atoms with Crippen molar-refractivity contribution in [2.75, 3.05) is 13.7 Å². The molecule has 5 heteroatoms. The van der Waals surface area contributed by atoms with Gasteiger partial charge in [-0.25, -0.2) is 9.97 Å². The quantitative estimate of drug-likeness (QED) is 0.852. The molecule has 1 fully saturated rings. The van der Waals surface area contributed by atoms with Crippen molar-refractivity contribution in [1.29, 1.82) is 0 Å². The van der Waals surface area contributed by atoms with Gasteiger partial charge in [0.05, 0.1) is 30.9 Å². The second-order valence-electron chi connectivity index (χ2n) is 4.39. The standard InChI is InChI=1S/C12H16N4O/c1-8-12(9-4-3-5-13-9)16-7-11(17-2)14-6-10(16)15-8/h6-7,9,13H,3-5H2,1-2H3. The molecule has 0 radical (unpaired) electrons. The maximum Gasteiger partial charge on any atom is 0.230 e. The molecule has 90 valence electrons. The van der Waals surface area contributed by atoms with Crippen molar-refractivity contribution in [1.82, 2.24) is 19.7 Å². The highest BCUT2D eigenvalue weighted by Gasteiger charge is 2.22. The third-order valence-electron chi connectivity index (χ3n) is 3.31. The number of nitrogens with one attached hydrogen (secondary N) is 1. The van der Waals surface area contributed by atoms with E-state index < -0.39 is 0 Å². The summed E-state index contributed by atoms with van der Waals surface area (Å²) < 4.78 is 7.26. The molecule has 1 aliphatic heterocycles. The third kappa shape index (κ3) is 1.67. The molecule has 0 saturated carbocycles. The summed E-state index contributed by atoms with van der Waals surface area (Å²) in [7, 11) is 1.63. The first-order valence-corrected chi connectivity index (χ1v) is 5.91. The Morgan fingerprint density at radius 1 is 1.53 bits per heavy atom. The van der Waals surface area contributed by atoms with Gasteiger partial charge in [-0.05, 0) is 26.3 Å². The van der Waals surface area contributed by atoms with Gasteiger partial charge in [0, 0.05) is 6.04 Å². The molecule has 1 saturated heterocycles. The van der Waals surface area contributed by atoms with Crippen molar-refractivity contribution < 1.29 is 4.74 Å². The Morgan fingerprint density at radius 2 is 2.41 bits per heavy atom. The fraction of sp³-hybridized carbons (Fsp3) is 0.500. The number of aryl methyl sites for hydroxylation is 1. The average molecular weight is 232 g/mol. The van der Waals surface area contributed by atoms with Crippen LogP contribution in [-0.4, -0.2) is 28.0 Å². The van der Waals surface area contributed by atoms with Gasteiger partial charge in [-0.15, -0.1) is 0 Å². The number of methoxy groups -OCH3 is 1. The molecule has 17 heavy (non-hydrogen) atoms. The summed E-state index contributed by atoms with van der Waals surface area (Å²) in [6.45, 7) is 3.13. The lowest BCUT2D eigenvalue weighted by molar-refractivity contribution is 0.394. The van der Waals surface area contributed by atoms with Gasteiger partial charge in [-0.3, -0.25) is 4.40 Å². The number of hydrogen-bond acceptors (Lipinski definition) is 4. The third-order valence-corrected chi connectivity index (χ3v) is 3.31. The van der Waals surface area contributed by atoms with Gasteiger partial charge in [0.2, 0.25) is 5.88 Å². The van der Waals surface area contributed by atoms with Gasteiger partial charge in [0.25, 0.3) is 0 Å². The van der Waals surface area contributed by atoms with Crippen molar-refractivity contribution in [3.8, 4) is 5.88 Å². The van der Waals surface area contributed by atoms with Crippen LogP contribution in [0.1, 0.15) is 30.3 Å². The fourth-order valence-electron chi connectivity index (χ4n) is 2.52. The summed E-state index contributed by atoms with van der Waals surface area (Å²) >= 11 is 0. The first kappa shape index (κ1) is 10.5. The fourth-order valence-corrected chi connectivity index (χ4v) is 2.52. The zero-order chi connectivity index (χ0) is 11.8. The predicted octanol–water partition coefficient (Wildman–Crippen LogP) is 1.47. The Bertz CT molecular complexity index is 543. The van der Waals surface area contributed by atoms with Gasteiger partial charge in [-0.2, -0.15) is 0 Å². The van der Waals surface area contributed by atoms with Crippen LogP contribution < -0.4 is 10.1 Å². The molecule has 0 bridgehead atoms. The number of fused-ring (bicyclic) bond motifs is 1. The van der Waals surface area contributed by atoms with E-state index in [9.17, 15) is 0 Å². The van der Waals surface area contributed by atoms with Gasteiger partial charge >= 0.3 is 0 Å². The van der Waals surface area contributed by atoms with E-state index >= 15 is 0 Å². The van der Waals surface area contributed by atoms with Crippen LogP contribution in [0.3, 0.4) is 0 Å². The minimum absolute atomic E-state index is 0.400. The lowest BCUT2D eigenvalue weighted by Crippen LogP contribution is -2.15. The second kappa shape index (κ2) is 4.00. The average Bonchev–Trinajstić information content (AvgIpc) is 2.93. The number of ether oxygens (including phenoxy) is 1. The molecule has 3 rings (SSSR count). The zero-order valence-electron chi connectivity index (χ0n) is 10.1. The van der Waals surface area contributed by atoms with E-state index in [-0.39, 0.29) is 0 Å². The largest absolute Gasteiger partial charge is 0.480 e. The molecule has 1 aliphatic rings. The Labute approximate surface area is 99.8 Å². The molecule has 0 aliphatic carbocycles. The number of hydrogen-bond donors (Lipinski definition) is 1. The first-order valence-electron chi connectivity index (χ1n) is 5.91. The van der Waals surface area contributed by atoms with E-state index in [1.54, 1.807) is 13.3 Å². The molecule has 0 spiro atoms. The van der Waals surface area contributed by atoms with Gasteiger partial charge in [0.15, 0.2) is 5.65 Å². The van der Waals surface area contributed by atoms with Crippen LogP contribution in [0.5, 0.6) is 5.88 Å². The van der Waals surface area contributed by atoms with E-state index in [0.717, 1.165) is 17.9 Å². The highest BCUT2D eigenvalue weighted by molar-refractivity contribution is 5.43. The van der Waals surface area contributed by atoms with Crippen LogP contribution in [0.2, 0.25) is 0 Å². The predicted molar refractivity (Wildman–Crippen MR) is 64.3 cm³/mol. The van der Waals surface area contributed by atoms with E-state index in [2.05, 4.69) is 26.6 Å². The SMILES string of the molecule is COc1cn2c(C3CCCN3)c(C)nc2cn1. The van der Waals surface area contributed by atoms with Crippen LogP contribution >= 0.6 is 0 Å². The van der Waals surface area contributed by atoms with Crippen molar-refractivity contribution in [3.05, 3.63) is 23.8 Å². The minimum Gasteiger partial charge on any atom is -0.480 e. The summed E-state index contributed by atoms with van der Waals surface area (Å²) in [4.78, 5) is 8.72. The van der Waals surface area contributed by atoms with Crippen molar-refractivity contribution >= 4 is 5.65 Å². The summed E-state index contributed by atoms with van der Waals surface area (Å²) in [5.74, 6) is 0.620. The minimum atomic E-state index is 0.400. The lowest BCUT2D eigenvalue weighted by Gasteiger charge is -2.11. The van der Waals surface area contributed by atoms with Crippen LogP contribution in [0.15, 0.2) is 12.4 Å². The summed E-state index contributed by atoms with van der Waals surface area (Å²) in [5, 5.41) is 3.51. The number of aromatic nitrogens is 3. The Kier molecular flexibility index (Phi) is 2.48. The van der Waals surface area contributed by atoms with Crippen molar-refractivity contribution in [3.63, 3.8) is 0 Å². The van der Waals surface area contributed by atoms with E-state index in [1.165, 1.54) is 18.5 Å². The molecule has 1 unspecified atom stereocenters. The topological polar surface area (TPSA) is 51.5 Å². The molecule has 3 heterocycles. The van der Waals surface area contributed by atoms with Crippen LogP contribution in [0.25, 0.3) is 5.65 Å². The number of nitrogens with zero attached hydrogens (tertiary/aromatic N) is 3. The zero-order valence-corrected chi connectivity index (χ0v) is 10.1. The molecule has 5 nitrogen and oxygen atoms in total. The normalized spacial score (nSPS) is 20.0. The maximum atomic E-state index is 5.17. The summed E-state index contributed by atoms with van der Waals surface area (Å²) in [5.41, 5.74) is 3.18. The van der Waals surface area contributed by atoms with Gasteiger partial charge in [0.1, 0.15) is 0 Å². The van der Waals surface area contributed by atoms with E-state index in [1.807, 2.05) is 6.20 Å². The number of imidazole rings is 1. The molecule has 1 N–H and O–H groups in total. The lowest BCUT2D eigenvalue weighted by atomic mass is 10.1. The second-order valence-corrected chi connectivity index (χ2v) is 4.39. The Hall–Kier alpha value is -1.62. The highest BCUT2D eigenvalue weighted by Crippen LogP contribution is 2.27. The molecule has 0 amide bonds. The molecule has 1 atom stereocenters. The molecular weight excluding hydrogens is 216 g/mol. The van der Waals surface area contributed by atoms with Crippen LogP contribution in [0.4, 0.5) is 0 Å². The molecule has 0 aromatic carbocycles. The van der Waals surface area contributed by atoms with Gasteiger partial charge < -0.3 is 10.1 Å². The smallest absolute Gasteiger partial charge is 0.230 e. The summed E-state index contributed by atoms with van der Waals surface area (Å²) in [6.07, 6.45) is 6.05. The van der Waals surface area contributed by atoms with Crippen LogP contribution in [0, 0.1) is 6.92 Å². The van der Waals surface area contributed by atoms with E-state index in [0.29, 0.717) is 11.9 Å². The molecule has 2 aromatic heterocycles. The highest BCUT2D eigenvalue weighted by atomic mass is 16.5. The molecular formula is C12H16N4O. The van der Waals surface area contributed by atoms with Crippen molar-refractivity contribution in [2.45, 2.75) is 25.8 Å². The Morgan fingerprint density at radius 3 is 3.12 bits per heavy atom. The summed E-state index contributed by atoms with van der Waals surface area (Å²) in [6, 6.07) is 0.400. The van der Waals surface area contributed by atoms with E-state index in [4.69, 9.17) is 4.74 Å². The van der Waals surface area contributed by atoms with Gasteiger partial charge in [-0.1, -0.05) is 0 Å².